The van der Waals surface area contributed by atoms with Gasteiger partial charge in [0.2, 0.25) is 0 Å². The largest absolute Gasteiger partial charge is 0.546 e. The molecule has 0 unspecified atom stereocenters. The van der Waals surface area contributed by atoms with Gasteiger partial charge < -0.3 is 17.4 Å². The highest BCUT2D eigenvalue weighted by Gasteiger charge is 2.32. The van der Waals surface area contributed by atoms with E-state index >= 15 is 0 Å². The van der Waals surface area contributed by atoms with Gasteiger partial charge in [-0.25, -0.2) is 4.98 Å². The summed E-state index contributed by atoms with van der Waals surface area (Å²) in [6.45, 7) is 0.161. The molecule has 0 N–H and O–H groups in total. The summed E-state index contributed by atoms with van der Waals surface area (Å²) < 4.78 is 41.0. The topological polar surface area (TPSA) is 26.0 Å². The van der Waals surface area contributed by atoms with Gasteiger partial charge in [0.15, 0.2) is 5.89 Å². The number of rotatable bonds is 1. The molecule has 0 saturated heterocycles. The van der Waals surface area contributed by atoms with Crippen molar-refractivity contribution in [2.24, 2.45) is 0 Å². The Balaban J connectivity index is 3.01. The van der Waals surface area contributed by atoms with Gasteiger partial charge in [0.25, 0.3) is 0 Å². The quantitative estimate of drug-likeness (QED) is 0.636. The lowest BCUT2D eigenvalue weighted by Gasteiger charge is -2.14. The lowest BCUT2D eigenvalue weighted by molar-refractivity contribution is 0.388. The maximum absolute atomic E-state index is 12.1. The van der Waals surface area contributed by atoms with Gasteiger partial charge in [-0.1, -0.05) is 20.8 Å². The van der Waals surface area contributed by atoms with E-state index < -0.39 is 18.1 Å². The normalized spacial score (nSPS) is 13.4. The Hall–Kier alpha value is -0.935. The maximum atomic E-state index is 12.1. The van der Waals surface area contributed by atoms with Gasteiger partial charge in [0.05, 0.1) is 5.66 Å². The molecule has 0 saturated carbocycles. The molecule has 1 heterocycles. The zero-order valence-corrected chi connectivity index (χ0v) is 7.64. The lowest BCUT2D eigenvalue weighted by atomic mass is 9.89. The smallest absolute Gasteiger partial charge is 0.478 e. The lowest BCUT2D eigenvalue weighted by Crippen LogP contribution is -2.32. The van der Waals surface area contributed by atoms with Crippen molar-refractivity contribution in [3.8, 4) is 0 Å². The summed E-state index contributed by atoms with van der Waals surface area (Å²) in [5.41, 5.74) is -1.47. The van der Waals surface area contributed by atoms with Crippen LogP contribution in [-0.4, -0.2) is 12.0 Å². The van der Waals surface area contributed by atoms with Crippen LogP contribution in [-0.2, 0) is 5.41 Å². The fraction of sp³-hybridized carbons (Fsp3) is 0.571. The van der Waals surface area contributed by atoms with Crippen molar-refractivity contribution in [1.82, 2.24) is 4.98 Å². The predicted octanol–water partition coefficient (Wildman–Crippen LogP) is 2.03. The fourth-order valence-corrected chi connectivity index (χ4v) is 0.785. The average molecular weight is 192 g/mol. The summed E-state index contributed by atoms with van der Waals surface area (Å²) in [4.78, 5) is 3.58. The fourth-order valence-electron chi connectivity index (χ4n) is 0.785. The van der Waals surface area contributed by atoms with Crippen LogP contribution in [0.1, 0.15) is 26.7 Å². The Morgan fingerprint density at radius 2 is 1.85 bits per heavy atom. The molecule has 0 aliphatic rings. The van der Waals surface area contributed by atoms with E-state index in [0.717, 1.165) is 6.20 Å². The summed E-state index contributed by atoms with van der Waals surface area (Å²) in [7, 11) is 0. The number of halogens is 3. The SMILES string of the molecule is CC(C)(C)c1ncc([B-](F)(F)F)o1. The monoisotopic (exact) mass is 192 g/mol. The third-order valence-electron chi connectivity index (χ3n) is 1.49. The van der Waals surface area contributed by atoms with Crippen molar-refractivity contribution in [3.63, 3.8) is 0 Å². The van der Waals surface area contributed by atoms with Crippen LogP contribution in [0.3, 0.4) is 0 Å². The van der Waals surface area contributed by atoms with Gasteiger partial charge in [-0.3, -0.25) is 0 Å². The molecule has 1 aromatic rings. The first-order valence-electron chi connectivity index (χ1n) is 3.87. The second-order valence-electron chi connectivity index (χ2n) is 3.89. The molecular weight excluding hydrogens is 182 g/mol. The molecule has 0 amide bonds. The third-order valence-corrected chi connectivity index (χ3v) is 1.49. The zero-order valence-electron chi connectivity index (χ0n) is 7.64. The minimum Gasteiger partial charge on any atom is -0.478 e. The van der Waals surface area contributed by atoms with Crippen LogP contribution < -0.4 is 5.66 Å². The van der Waals surface area contributed by atoms with Crippen LogP contribution in [0.4, 0.5) is 12.9 Å². The number of aromatic nitrogens is 1. The van der Waals surface area contributed by atoms with E-state index in [2.05, 4.69) is 9.40 Å². The molecule has 0 aliphatic carbocycles. The molecule has 0 aliphatic heterocycles. The molecule has 13 heavy (non-hydrogen) atoms. The number of nitrogens with zero attached hydrogens (tertiary/aromatic N) is 1. The van der Waals surface area contributed by atoms with Crippen LogP contribution in [0.15, 0.2) is 10.6 Å². The molecule has 6 heteroatoms. The van der Waals surface area contributed by atoms with Crippen molar-refractivity contribution < 1.29 is 17.4 Å². The van der Waals surface area contributed by atoms with E-state index in [1.54, 1.807) is 20.8 Å². The third kappa shape index (κ3) is 2.26. The molecule has 0 aromatic carbocycles. The van der Waals surface area contributed by atoms with E-state index in [1.807, 2.05) is 0 Å². The highest BCUT2D eigenvalue weighted by Crippen LogP contribution is 2.20. The van der Waals surface area contributed by atoms with Crippen molar-refractivity contribution in [3.05, 3.63) is 12.1 Å². The van der Waals surface area contributed by atoms with E-state index in [9.17, 15) is 12.9 Å². The standard InChI is InChI=1S/C7H10BF3NO/c1-7(2,3)6-12-4-5(13-6)8(9,10)11/h4H,1-3H3/q-1. The summed E-state index contributed by atoms with van der Waals surface area (Å²) in [6.07, 6.45) is 0.737. The van der Waals surface area contributed by atoms with Crippen LogP contribution in [0.25, 0.3) is 0 Å². The average Bonchev–Trinajstić information content (AvgIpc) is 2.28. The van der Waals surface area contributed by atoms with E-state index in [-0.39, 0.29) is 5.89 Å². The van der Waals surface area contributed by atoms with E-state index in [1.165, 1.54) is 0 Å². The molecule has 0 radical (unpaired) electrons. The molecule has 1 rings (SSSR count). The number of hydrogen-bond acceptors (Lipinski definition) is 2. The van der Waals surface area contributed by atoms with Crippen molar-refractivity contribution in [2.75, 3.05) is 0 Å². The van der Waals surface area contributed by atoms with Crippen molar-refractivity contribution >= 4 is 12.6 Å². The zero-order chi connectivity index (χ0) is 10.3. The Labute approximate surface area is 74.2 Å². The summed E-state index contributed by atoms with van der Waals surface area (Å²) in [5, 5.41) is 0. The summed E-state index contributed by atoms with van der Waals surface area (Å²) in [6, 6.07) is 0. The second-order valence-corrected chi connectivity index (χ2v) is 3.89. The van der Waals surface area contributed by atoms with E-state index in [4.69, 9.17) is 0 Å². The van der Waals surface area contributed by atoms with Crippen LogP contribution in [0, 0.1) is 0 Å². The van der Waals surface area contributed by atoms with Gasteiger partial charge >= 0.3 is 6.98 Å². The Bertz CT molecular complexity index is 271. The first kappa shape index (κ1) is 10.1. The number of oxazole rings is 1. The Kier molecular flexibility index (Phi) is 2.17. The maximum Gasteiger partial charge on any atom is 0.546 e. The first-order valence-corrected chi connectivity index (χ1v) is 3.87. The number of hydrogen-bond donors (Lipinski definition) is 0. The van der Waals surface area contributed by atoms with Crippen molar-refractivity contribution in [1.29, 1.82) is 0 Å². The van der Waals surface area contributed by atoms with Crippen molar-refractivity contribution in [2.45, 2.75) is 26.2 Å². The Morgan fingerprint density at radius 1 is 1.31 bits per heavy atom. The summed E-state index contributed by atoms with van der Waals surface area (Å²) in [5.74, 6) is 0.113. The van der Waals surface area contributed by atoms with Crippen LogP contribution in [0.2, 0.25) is 0 Å². The van der Waals surface area contributed by atoms with Crippen LogP contribution in [0.5, 0.6) is 0 Å². The van der Waals surface area contributed by atoms with Gasteiger partial charge in [0, 0.05) is 11.6 Å². The molecule has 0 atom stereocenters. The van der Waals surface area contributed by atoms with Gasteiger partial charge in [0.1, 0.15) is 0 Å². The molecule has 0 bridgehead atoms. The molecule has 1 aromatic heterocycles. The first-order chi connectivity index (χ1) is 5.71. The molecule has 0 spiro atoms. The predicted molar refractivity (Wildman–Crippen MR) is 43.9 cm³/mol. The molecule has 0 fully saturated rings. The van der Waals surface area contributed by atoms with Gasteiger partial charge in [-0.2, -0.15) is 0 Å². The summed E-state index contributed by atoms with van der Waals surface area (Å²) >= 11 is 0. The molecule has 74 valence electrons. The van der Waals surface area contributed by atoms with Crippen LogP contribution >= 0.6 is 0 Å². The highest BCUT2D eigenvalue weighted by atomic mass is 19.4. The van der Waals surface area contributed by atoms with Gasteiger partial charge in [-0.15, -0.1) is 0 Å². The minimum atomic E-state index is -5.07. The molecule has 2 nitrogen and oxygen atoms in total. The Morgan fingerprint density at radius 3 is 2.08 bits per heavy atom. The van der Waals surface area contributed by atoms with E-state index in [0.29, 0.717) is 0 Å². The molecular formula is C7H10BF3NO-. The second kappa shape index (κ2) is 2.78. The van der Waals surface area contributed by atoms with Gasteiger partial charge in [-0.05, 0) is 0 Å². The minimum absolute atomic E-state index is 0.113. The highest BCUT2D eigenvalue weighted by molar-refractivity contribution is 6.72.